The lowest BCUT2D eigenvalue weighted by molar-refractivity contribution is -0.140. The van der Waals surface area contributed by atoms with Gasteiger partial charge in [-0.25, -0.2) is 0 Å². The van der Waals surface area contributed by atoms with Crippen LogP contribution in [0, 0.1) is 5.92 Å². The first-order valence-electron chi connectivity index (χ1n) is 9.41. The SMILES string of the molecule is O=C(C1CCC1)N1CCC[C@H]1[C@@H]1CCCN1Cc1ccccc1. The van der Waals surface area contributed by atoms with E-state index in [1.54, 1.807) is 0 Å². The molecule has 0 N–H and O–H groups in total. The van der Waals surface area contributed by atoms with Crippen LogP contribution in [0.2, 0.25) is 0 Å². The molecule has 23 heavy (non-hydrogen) atoms. The molecular weight excluding hydrogens is 284 g/mol. The van der Waals surface area contributed by atoms with Crippen molar-refractivity contribution < 1.29 is 4.79 Å². The Morgan fingerprint density at radius 3 is 2.39 bits per heavy atom. The smallest absolute Gasteiger partial charge is 0.225 e. The molecule has 0 unspecified atom stereocenters. The van der Waals surface area contributed by atoms with Gasteiger partial charge < -0.3 is 4.90 Å². The largest absolute Gasteiger partial charge is 0.338 e. The van der Waals surface area contributed by atoms with E-state index in [-0.39, 0.29) is 0 Å². The van der Waals surface area contributed by atoms with Gasteiger partial charge in [0.1, 0.15) is 0 Å². The van der Waals surface area contributed by atoms with Gasteiger partial charge in [-0.15, -0.1) is 0 Å². The topological polar surface area (TPSA) is 23.6 Å². The molecule has 3 fully saturated rings. The van der Waals surface area contributed by atoms with E-state index < -0.39 is 0 Å². The summed E-state index contributed by atoms with van der Waals surface area (Å²) >= 11 is 0. The van der Waals surface area contributed by atoms with Crippen molar-refractivity contribution in [2.45, 2.75) is 63.6 Å². The molecule has 1 aliphatic carbocycles. The third-order valence-corrected chi connectivity index (χ3v) is 6.12. The van der Waals surface area contributed by atoms with Crippen LogP contribution in [0.3, 0.4) is 0 Å². The Hall–Kier alpha value is -1.35. The van der Waals surface area contributed by atoms with Gasteiger partial charge in [-0.3, -0.25) is 9.69 Å². The van der Waals surface area contributed by atoms with E-state index in [1.807, 2.05) is 0 Å². The average Bonchev–Trinajstić information content (AvgIpc) is 3.14. The molecule has 0 radical (unpaired) electrons. The lowest BCUT2D eigenvalue weighted by Crippen LogP contribution is -2.50. The quantitative estimate of drug-likeness (QED) is 0.850. The van der Waals surface area contributed by atoms with Gasteiger partial charge in [-0.2, -0.15) is 0 Å². The molecule has 1 aromatic rings. The predicted octanol–water partition coefficient (Wildman–Crippen LogP) is 3.44. The zero-order chi connectivity index (χ0) is 15.6. The normalized spacial score (nSPS) is 29.0. The summed E-state index contributed by atoms with van der Waals surface area (Å²) in [6.07, 6.45) is 8.43. The molecule has 2 aliphatic heterocycles. The van der Waals surface area contributed by atoms with Gasteiger partial charge in [-0.05, 0) is 50.6 Å². The van der Waals surface area contributed by atoms with Crippen LogP contribution in [0.25, 0.3) is 0 Å². The van der Waals surface area contributed by atoms with Crippen LogP contribution in [0.1, 0.15) is 50.5 Å². The highest BCUT2D eigenvalue weighted by molar-refractivity contribution is 5.80. The first-order chi connectivity index (χ1) is 11.3. The highest BCUT2D eigenvalue weighted by Gasteiger charge is 2.42. The van der Waals surface area contributed by atoms with E-state index in [9.17, 15) is 4.79 Å². The number of nitrogens with zero attached hydrogens (tertiary/aromatic N) is 2. The Morgan fingerprint density at radius 1 is 0.913 bits per heavy atom. The number of carbonyl (C=O) groups is 1. The standard InChI is InChI=1S/C20H28N2O/c23-20(17-9-4-10-17)22-14-6-12-19(22)18-11-5-13-21(18)15-16-7-2-1-3-8-16/h1-3,7-8,17-19H,4-6,9-15H2/t18-,19-/m0/s1. The molecular formula is C20H28N2O. The van der Waals surface area contributed by atoms with Crippen LogP contribution >= 0.6 is 0 Å². The summed E-state index contributed by atoms with van der Waals surface area (Å²) in [5.74, 6) is 0.810. The van der Waals surface area contributed by atoms with Crippen molar-refractivity contribution in [2.75, 3.05) is 13.1 Å². The highest BCUT2D eigenvalue weighted by atomic mass is 16.2. The number of amides is 1. The summed E-state index contributed by atoms with van der Waals surface area (Å²) in [7, 11) is 0. The zero-order valence-electron chi connectivity index (χ0n) is 14.0. The van der Waals surface area contributed by atoms with Gasteiger partial charge in [0.2, 0.25) is 5.91 Å². The molecule has 0 bridgehead atoms. The summed E-state index contributed by atoms with van der Waals surface area (Å²) in [6.45, 7) is 3.21. The molecule has 1 saturated carbocycles. The summed E-state index contributed by atoms with van der Waals surface area (Å²) in [5, 5.41) is 0. The minimum atomic E-state index is 0.347. The Labute approximate surface area is 139 Å². The summed E-state index contributed by atoms with van der Waals surface area (Å²) < 4.78 is 0. The summed E-state index contributed by atoms with van der Waals surface area (Å²) in [5.41, 5.74) is 1.40. The third-order valence-electron chi connectivity index (χ3n) is 6.12. The molecule has 4 rings (SSSR count). The molecule has 124 valence electrons. The van der Waals surface area contributed by atoms with Crippen molar-refractivity contribution in [2.24, 2.45) is 5.92 Å². The van der Waals surface area contributed by atoms with Gasteiger partial charge in [-0.1, -0.05) is 36.8 Å². The van der Waals surface area contributed by atoms with Crippen molar-refractivity contribution >= 4 is 5.91 Å². The number of hydrogen-bond donors (Lipinski definition) is 0. The fraction of sp³-hybridized carbons (Fsp3) is 0.650. The van der Waals surface area contributed by atoms with Crippen LogP contribution in [-0.4, -0.2) is 40.9 Å². The van der Waals surface area contributed by atoms with Crippen LogP contribution in [-0.2, 0) is 11.3 Å². The number of likely N-dealkylation sites (tertiary alicyclic amines) is 2. The fourth-order valence-electron chi connectivity index (χ4n) is 4.66. The van der Waals surface area contributed by atoms with Crippen molar-refractivity contribution in [3.8, 4) is 0 Å². The molecule has 3 aliphatic rings. The average molecular weight is 312 g/mol. The Kier molecular flexibility index (Phi) is 4.39. The van der Waals surface area contributed by atoms with Crippen molar-refractivity contribution in [1.82, 2.24) is 9.80 Å². The number of benzene rings is 1. The molecule has 3 nitrogen and oxygen atoms in total. The van der Waals surface area contributed by atoms with Crippen molar-refractivity contribution in [3.05, 3.63) is 35.9 Å². The van der Waals surface area contributed by atoms with E-state index >= 15 is 0 Å². The van der Waals surface area contributed by atoms with Gasteiger partial charge in [0.15, 0.2) is 0 Å². The Bertz CT molecular complexity index is 540. The molecule has 1 aromatic carbocycles. The fourth-order valence-corrected chi connectivity index (χ4v) is 4.66. The zero-order valence-corrected chi connectivity index (χ0v) is 14.0. The number of hydrogen-bond acceptors (Lipinski definition) is 2. The van der Waals surface area contributed by atoms with Crippen LogP contribution in [0.5, 0.6) is 0 Å². The van der Waals surface area contributed by atoms with Gasteiger partial charge in [0.25, 0.3) is 0 Å². The maximum Gasteiger partial charge on any atom is 0.225 e. The molecule has 0 spiro atoms. The van der Waals surface area contributed by atoms with Gasteiger partial charge in [0, 0.05) is 31.1 Å². The maximum absolute atomic E-state index is 12.8. The second-order valence-electron chi connectivity index (χ2n) is 7.53. The highest BCUT2D eigenvalue weighted by Crippen LogP contribution is 2.35. The second-order valence-corrected chi connectivity index (χ2v) is 7.53. The molecule has 2 saturated heterocycles. The number of carbonyl (C=O) groups excluding carboxylic acids is 1. The minimum absolute atomic E-state index is 0.347. The monoisotopic (exact) mass is 312 g/mol. The van der Waals surface area contributed by atoms with Crippen LogP contribution < -0.4 is 0 Å². The summed E-state index contributed by atoms with van der Waals surface area (Å²) in [4.78, 5) is 17.7. The van der Waals surface area contributed by atoms with E-state index in [1.165, 1.54) is 44.2 Å². The Morgan fingerprint density at radius 2 is 1.65 bits per heavy atom. The van der Waals surface area contributed by atoms with E-state index in [4.69, 9.17) is 0 Å². The molecule has 0 aromatic heterocycles. The van der Waals surface area contributed by atoms with Crippen LogP contribution in [0.4, 0.5) is 0 Å². The molecule has 3 heteroatoms. The maximum atomic E-state index is 12.8. The van der Waals surface area contributed by atoms with E-state index in [0.717, 1.165) is 25.9 Å². The van der Waals surface area contributed by atoms with Gasteiger partial charge >= 0.3 is 0 Å². The van der Waals surface area contributed by atoms with E-state index in [0.29, 0.717) is 23.9 Å². The summed E-state index contributed by atoms with van der Waals surface area (Å²) in [6, 6.07) is 11.8. The van der Waals surface area contributed by atoms with Crippen molar-refractivity contribution in [1.29, 1.82) is 0 Å². The first kappa shape index (κ1) is 15.2. The molecule has 2 atom stereocenters. The minimum Gasteiger partial charge on any atom is -0.338 e. The lowest BCUT2D eigenvalue weighted by atomic mass is 9.84. The number of rotatable bonds is 4. The molecule has 2 heterocycles. The van der Waals surface area contributed by atoms with Gasteiger partial charge in [0.05, 0.1) is 0 Å². The molecule has 1 amide bonds. The Balaban J connectivity index is 1.45. The van der Waals surface area contributed by atoms with E-state index in [2.05, 4.69) is 40.1 Å². The third kappa shape index (κ3) is 3.03. The lowest BCUT2D eigenvalue weighted by Gasteiger charge is -2.38. The predicted molar refractivity (Wildman–Crippen MR) is 92.0 cm³/mol. The second kappa shape index (κ2) is 6.64. The van der Waals surface area contributed by atoms with Crippen LogP contribution in [0.15, 0.2) is 30.3 Å². The van der Waals surface area contributed by atoms with Crippen molar-refractivity contribution in [3.63, 3.8) is 0 Å². The first-order valence-corrected chi connectivity index (χ1v) is 9.41.